The minimum Gasteiger partial charge on any atom is -0.374 e. The topological polar surface area (TPSA) is 58.6 Å². The van der Waals surface area contributed by atoms with Gasteiger partial charge in [-0.2, -0.15) is 0 Å². The Bertz CT molecular complexity index is 772. The van der Waals surface area contributed by atoms with Crippen molar-refractivity contribution in [2.75, 3.05) is 11.4 Å². The number of amides is 1. The highest BCUT2D eigenvalue weighted by molar-refractivity contribution is 7.99. The summed E-state index contributed by atoms with van der Waals surface area (Å²) in [6.07, 6.45) is 2.06. The van der Waals surface area contributed by atoms with Crippen LogP contribution in [0.2, 0.25) is 0 Å². The summed E-state index contributed by atoms with van der Waals surface area (Å²) < 4.78 is 5.22. The van der Waals surface area contributed by atoms with Crippen molar-refractivity contribution in [1.82, 2.24) is 5.32 Å². The lowest BCUT2D eigenvalue weighted by atomic mass is 10.1. The zero-order chi connectivity index (χ0) is 17.2. The van der Waals surface area contributed by atoms with E-state index >= 15 is 0 Å². The van der Waals surface area contributed by atoms with Crippen LogP contribution in [0.4, 0.5) is 16.2 Å². The lowest BCUT2D eigenvalue weighted by molar-refractivity contribution is -0.140. The first-order valence-electron chi connectivity index (χ1n) is 8.39. The molecule has 0 radical (unpaired) electrons. The van der Waals surface area contributed by atoms with Gasteiger partial charge in [-0.1, -0.05) is 42.4 Å². The molecule has 1 atom stereocenters. The number of anilines is 2. The molecule has 25 heavy (non-hydrogen) atoms. The van der Waals surface area contributed by atoms with E-state index in [2.05, 4.69) is 5.32 Å². The van der Waals surface area contributed by atoms with Gasteiger partial charge in [0.1, 0.15) is 6.04 Å². The molecule has 0 aromatic heterocycles. The summed E-state index contributed by atoms with van der Waals surface area (Å²) in [6.45, 7) is 0.778. The van der Waals surface area contributed by atoms with E-state index in [-0.39, 0.29) is 0 Å². The van der Waals surface area contributed by atoms with E-state index in [4.69, 9.17) is 4.74 Å². The summed E-state index contributed by atoms with van der Waals surface area (Å²) in [7, 11) is 0. The Labute approximate surface area is 150 Å². The average molecular weight is 354 g/mol. The van der Waals surface area contributed by atoms with Gasteiger partial charge in [-0.25, -0.2) is 14.5 Å². The first-order valence-corrected chi connectivity index (χ1v) is 9.21. The van der Waals surface area contributed by atoms with Gasteiger partial charge < -0.3 is 10.1 Å². The molecular weight excluding hydrogens is 336 g/mol. The van der Waals surface area contributed by atoms with Gasteiger partial charge in [0.25, 0.3) is 0 Å². The molecule has 2 aromatic carbocycles. The number of hydrogen-bond donors (Lipinski definition) is 1. The molecule has 0 saturated carbocycles. The Hall–Kier alpha value is -2.31. The predicted octanol–water partition coefficient (Wildman–Crippen LogP) is 4.09. The van der Waals surface area contributed by atoms with Crippen molar-refractivity contribution >= 4 is 35.2 Å². The minimum absolute atomic E-state index is 0.401. The normalized spacial score (nSPS) is 18.9. The van der Waals surface area contributed by atoms with Crippen LogP contribution < -0.4 is 10.2 Å². The maximum absolute atomic E-state index is 12.8. The number of fused-ring (bicyclic) bond motifs is 2. The van der Waals surface area contributed by atoms with Gasteiger partial charge in [-0.15, -0.1) is 0 Å². The lowest BCUT2D eigenvalue weighted by Gasteiger charge is -2.30. The number of ether oxygens (including phenoxy) is 1. The van der Waals surface area contributed by atoms with E-state index < -0.39 is 18.1 Å². The summed E-state index contributed by atoms with van der Waals surface area (Å²) in [5.74, 6) is -0.502. The Morgan fingerprint density at radius 2 is 1.64 bits per heavy atom. The number of carbonyl (C=O) groups is 2. The van der Waals surface area contributed by atoms with Gasteiger partial charge in [0, 0.05) is 9.79 Å². The standard InChI is InChI=1S/C19H18N2O3S/c22-18(13-7-5-6-12-20-13)24-19(23)21-14-8-1-3-10-16(14)25-17-11-4-2-9-15(17)21/h1-4,8-11,13,20H,5-7,12H2. The van der Waals surface area contributed by atoms with Crippen LogP contribution >= 0.6 is 11.8 Å². The highest BCUT2D eigenvalue weighted by atomic mass is 32.2. The number of nitrogens with zero attached hydrogens (tertiary/aromatic N) is 1. The molecule has 1 saturated heterocycles. The van der Waals surface area contributed by atoms with Crippen molar-refractivity contribution in [3.8, 4) is 0 Å². The molecule has 1 unspecified atom stereocenters. The zero-order valence-corrected chi connectivity index (χ0v) is 14.4. The Kier molecular flexibility index (Phi) is 4.46. The van der Waals surface area contributed by atoms with Crippen LogP contribution in [-0.2, 0) is 9.53 Å². The molecule has 2 heterocycles. The van der Waals surface area contributed by atoms with Gasteiger partial charge in [0.2, 0.25) is 0 Å². The van der Waals surface area contributed by atoms with Crippen LogP contribution in [0.15, 0.2) is 58.3 Å². The van der Waals surface area contributed by atoms with Gasteiger partial charge in [0.15, 0.2) is 0 Å². The number of nitrogens with one attached hydrogen (secondary N) is 1. The molecule has 4 rings (SSSR count). The molecule has 0 spiro atoms. The number of para-hydroxylation sites is 2. The van der Waals surface area contributed by atoms with Crippen LogP contribution in [0.25, 0.3) is 0 Å². The molecule has 5 nitrogen and oxygen atoms in total. The van der Waals surface area contributed by atoms with E-state index in [1.165, 1.54) is 4.90 Å². The maximum atomic E-state index is 12.8. The molecule has 2 aromatic rings. The minimum atomic E-state index is -0.655. The largest absolute Gasteiger partial charge is 0.426 e. The fourth-order valence-electron chi connectivity index (χ4n) is 3.16. The van der Waals surface area contributed by atoms with Crippen molar-refractivity contribution in [3.05, 3.63) is 48.5 Å². The molecule has 1 amide bonds. The first-order chi connectivity index (χ1) is 12.2. The monoisotopic (exact) mass is 354 g/mol. The molecule has 2 aliphatic rings. The fourth-order valence-corrected chi connectivity index (χ4v) is 4.22. The van der Waals surface area contributed by atoms with Crippen LogP contribution in [0.3, 0.4) is 0 Å². The fraction of sp³-hybridized carbons (Fsp3) is 0.263. The van der Waals surface area contributed by atoms with Crippen LogP contribution in [-0.4, -0.2) is 24.6 Å². The van der Waals surface area contributed by atoms with Gasteiger partial charge in [0.05, 0.1) is 11.4 Å². The van der Waals surface area contributed by atoms with E-state index in [0.717, 1.165) is 40.6 Å². The third-order valence-electron chi connectivity index (χ3n) is 4.40. The van der Waals surface area contributed by atoms with Crippen molar-refractivity contribution < 1.29 is 14.3 Å². The molecule has 0 bridgehead atoms. The van der Waals surface area contributed by atoms with E-state index in [1.807, 2.05) is 48.5 Å². The number of benzene rings is 2. The number of rotatable bonds is 1. The quantitative estimate of drug-likeness (QED) is 0.617. The number of carbonyl (C=O) groups excluding carboxylic acids is 2. The molecular formula is C19H18N2O3S. The highest BCUT2D eigenvalue weighted by Gasteiger charge is 2.32. The average Bonchev–Trinajstić information content (AvgIpc) is 2.66. The molecule has 1 fully saturated rings. The molecule has 0 aliphatic carbocycles. The smallest absolute Gasteiger partial charge is 0.374 e. The molecule has 1 N–H and O–H groups in total. The first kappa shape index (κ1) is 16.2. The summed E-state index contributed by atoms with van der Waals surface area (Å²) >= 11 is 1.60. The Morgan fingerprint density at radius 1 is 1.00 bits per heavy atom. The van der Waals surface area contributed by atoms with Crippen LogP contribution in [0, 0.1) is 0 Å². The SMILES string of the molecule is O=C(OC(=O)N1c2ccccc2Sc2ccccc21)C1CCCCN1. The molecule has 128 valence electrons. The van der Waals surface area contributed by atoms with E-state index in [9.17, 15) is 9.59 Å². The van der Waals surface area contributed by atoms with Crippen molar-refractivity contribution in [3.63, 3.8) is 0 Å². The molecule has 2 aliphatic heterocycles. The van der Waals surface area contributed by atoms with Crippen LogP contribution in [0.1, 0.15) is 19.3 Å². The summed E-state index contributed by atoms with van der Waals surface area (Å²) in [4.78, 5) is 28.6. The van der Waals surface area contributed by atoms with E-state index in [1.54, 1.807) is 11.8 Å². The maximum Gasteiger partial charge on any atom is 0.426 e. The highest BCUT2D eigenvalue weighted by Crippen LogP contribution is 2.48. The zero-order valence-electron chi connectivity index (χ0n) is 13.6. The van der Waals surface area contributed by atoms with Crippen molar-refractivity contribution in [1.29, 1.82) is 0 Å². The summed E-state index contributed by atoms with van der Waals surface area (Å²) in [6, 6.07) is 14.9. The second-order valence-electron chi connectivity index (χ2n) is 6.06. The van der Waals surface area contributed by atoms with Crippen molar-refractivity contribution in [2.45, 2.75) is 35.1 Å². The number of hydrogen-bond acceptors (Lipinski definition) is 5. The summed E-state index contributed by atoms with van der Waals surface area (Å²) in [5.41, 5.74) is 1.47. The number of piperidine rings is 1. The lowest BCUT2D eigenvalue weighted by Crippen LogP contribution is -2.43. The van der Waals surface area contributed by atoms with Crippen molar-refractivity contribution in [2.24, 2.45) is 0 Å². The van der Waals surface area contributed by atoms with Gasteiger partial charge in [-0.05, 0) is 43.7 Å². The van der Waals surface area contributed by atoms with E-state index in [0.29, 0.717) is 6.42 Å². The second kappa shape index (κ2) is 6.90. The Balaban J connectivity index is 1.62. The second-order valence-corrected chi connectivity index (χ2v) is 7.15. The third-order valence-corrected chi connectivity index (χ3v) is 5.53. The Morgan fingerprint density at radius 3 is 2.24 bits per heavy atom. The predicted molar refractivity (Wildman–Crippen MR) is 96.3 cm³/mol. The number of esters is 1. The van der Waals surface area contributed by atoms with Crippen LogP contribution in [0.5, 0.6) is 0 Å². The molecule has 6 heteroatoms. The third kappa shape index (κ3) is 3.15. The summed E-state index contributed by atoms with van der Waals surface area (Å²) in [5, 5.41) is 3.12. The van der Waals surface area contributed by atoms with Gasteiger partial charge in [-0.3, -0.25) is 0 Å². The van der Waals surface area contributed by atoms with Gasteiger partial charge >= 0.3 is 12.1 Å².